The Kier molecular flexibility index (Phi) is 12.5. The average molecular weight is 788 g/mol. The second kappa shape index (κ2) is 17.1. The van der Waals surface area contributed by atoms with Gasteiger partial charge in [0.25, 0.3) is 5.91 Å². The van der Waals surface area contributed by atoms with Crippen molar-refractivity contribution in [2.45, 2.75) is 132 Å². The van der Waals surface area contributed by atoms with E-state index >= 15 is 0 Å². The molecule has 300 valence electrons. The van der Waals surface area contributed by atoms with Crippen molar-refractivity contribution in [2.24, 2.45) is 5.92 Å². The quantitative estimate of drug-likeness (QED) is 0.247. The lowest BCUT2D eigenvalue weighted by Gasteiger charge is -2.30. The number of esters is 1. The van der Waals surface area contributed by atoms with Crippen molar-refractivity contribution >= 4 is 45.7 Å². The van der Waals surface area contributed by atoms with E-state index in [0.29, 0.717) is 30.4 Å². The highest BCUT2D eigenvalue weighted by atomic mass is 32.2. The zero-order chi connectivity index (χ0) is 39.3. The third-order valence-electron chi connectivity index (χ3n) is 11.1. The van der Waals surface area contributed by atoms with Crippen molar-refractivity contribution in [3.63, 3.8) is 0 Å². The van der Waals surface area contributed by atoms with Crippen LogP contribution in [0.5, 0.6) is 0 Å². The number of carbonyl (C=O) groups is 6. The molecule has 5 atom stereocenters. The van der Waals surface area contributed by atoms with Crippen LogP contribution in [0.15, 0.2) is 30.4 Å². The van der Waals surface area contributed by atoms with Gasteiger partial charge in [-0.15, -0.1) is 0 Å². The maximum absolute atomic E-state index is 14.5. The first-order valence-corrected chi connectivity index (χ1v) is 20.8. The number of benzene rings is 1. The summed E-state index contributed by atoms with van der Waals surface area (Å²) in [6, 6.07) is 2.30. The Morgan fingerprint density at radius 3 is 2.53 bits per heavy atom. The number of hydrogen-bond donors (Lipinski definition) is 3. The third-order valence-corrected chi connectivity index (χ3v) is 13.0. The van der Waals surface area contributed by atoms with Crippen LogP contribution in [-0.4, -0.2) is 96.5 Å². The Labute approximate surface area is 320 Å². The summed E-state index contributed by atoms with van der Waals surface area (Å²) in [6.07, 6.45) is 8.13. The van der Waals surface area contributed by atoms with Crippen LogP contribution >= 0.6 is 0 Å². The molecule has 1 aromatic carbocycles. The number of halogens is 1. The standard InChI is InChI=1S/C38H50FN5O10S/c1-53-33(46)16-10-15-32(45)40-30-14-8-6-4-2-3-5-7-12-25-20-38(25,36(49)42-55(51,52)27-17-18-27)41-34(47)31-19-26(22-44(31)35(30)48)54-37(50)43-21-24-11-9-13-29(39)28(24)23-43/h7,9,11-13,25-27,30-31H,2-6,8,10,14-23H2,1H3,(H,40,45)(H,41,47)(H,42,49)/t25-,26-,30+,31+,38-/m1/s1. The normalized spacial score (nSPS) is 27.2. The van der Waals surface area contributed by atoms with Crippen molar-refractivity contribution in [2.75, 3.05) is 13.7 Å². The summed E-state index contributed by atoms with van der Waals surface area (Å²) in [7, 11) is -2.69. The molecule has 3 N–H and O–H groups in total. The molecule has 5 aliphatic rings. The molecule has 0 aromatic heterocycles. The lowest BCUT2D eigenvalue weighted by atomic mass is 10.0. The van der Waals surface area contributed by atoms with Gasteiger partial charge in [-0.2, -0.15) is 0 Å². The van der Waals surface area contributed by atoms with Crippen LogP contribution < -0.4 is 15.4 Å². The first-order valence-electron chi connectivity index (χ1n) is 19.2. The zero-order valence-electron chi connectivity index (χ0n) is 31.1. The molecular weight excluding hydrogens is 738 g/mol. The number of methoxy groups -OCH3 is 1. The molecule has 1 aromatic rings. The van der Waals surface area contributed by atoms with Gasteiger partial charge in [0.2, 0.25) is 27.7 Å². The summed E-state index contributed by atoms with van der Waals surface area (Å²) >= 11 is 0. The van der Waals surface area contributed by atoms with Gasteiger partial charge in [-0.25, -0.2) is 17.6 Å². The fraction of sp³-hybridized carbons (Fsp3) is 0.632. The number of sulfonamides is 1. The molecule has 55 heavy (non-hydrogen) atoms. The predicted molar refractivity (Wildman–Crippen MR) is 194 cm³/mol. The maximum atomic E-state index is 14.5. The van der Waals surface area contributed by atoms with Crippen molar-refractivity contribution < 1.29 is 51.0 Å². The average Bonchev–Trinajstić information content (AvgIpc) is 4.03. The SMILES string of the molecule is COC(=O)CCCC(=O)N[C@H]1CCCCCCCC=C[C@@H]2C[C@@]2(C(=O)NS(=O)(=O)C2CC2)NC(=O)[C@@H]2C[C@@H](OC(=O)N3Cc4cccc(F)c4C3)CN2C1=O. The van der Waals surface area contributed by atoms with Crippen molar-refractivity contribution in [1.29, 1.82) is 0 Å². The van der Waals surface area contributed by atoms with Crippen molar-refractivity contribution in [1.82, 2.24) is 25.2 Å². The highest BCUT2D eigenvalue weighted by Gasteiger charge is 2.62. The molecule has 2 aliphatic carbocycles. The molecule has 6 rings (SSSR count). The van der Waals surface area contributed by atoms with Gasteiger partial charge < -0.3 is 25.0 Å². The molecule has 0 unspecified atom stereocenters. The first-order chi connectivity index (χ1) is 26.3. The molecular formula is C38H50FN5O10S. The number of carbonyl (C=O) groups excluding carboxylic acids is 6. The van der Waals surface area contributed by atoms with E-state index in [4.69, 9.17) is 4.74 Å². The fourth-order valence-corrected chi connectivity index (χ4v) is 9.05. The minimum Gasteiger partial charge on any atom is -0.469 e. The number of nitrogens with zero attached hydrogens (tertiary/aromatic N) is 2. The summed E-state index contributed by atoms with van der Waals surface area (Å²) in [5, 5.41) is 4.92. The number of nitrogens with one attached hydrogen (secondary N) is 3. The van der Waals surface area contributed by atoms with Gasteiger partial charge in [0, 0.05) is 37.3 Å². The van der Waals surface area contributed by atoms with Gasteiger partial charge in [-0.05, 0) is 56.6 Å². The van der Waals surface area contributed by atoms with E-state index in [2.05, 4.69) is 20.1 Å². The Morgan fingerprint density at radius 2 is 1.78 bits per heavy atom. The molecule has 0 spiro atoms. The second-order valence-corrected chi connectivity index (χ2v) is 17.2. The lowest BCUT2D eigenvalue weighted by Crippen LogP contribution is -2.58. The maximum Gasteiger partial charge on any atom is 0.410 e. The van der Waals surface area contributed by atoms with Crippen LogP contribution in [0.1, 0.15) is 101 Å². The largest absolute Gasteiger partial charge is 0.469 e. The van der Waals surface area contributed by atoms with E-state index in [1.165, 1.54) is 23.0 Å². The molecule has 5 amide bonds. The number of rotatable bonds is 9. The van der Waals surface area contributed by atoms with Gasteiger partial charge in [0.15, 0.2) is 0 Å². The van der Waals surface area contributed by atoms with Gasteiger partial charge in [0.1, 0.15) is 29.5 Å². The van der Waals surface area contributed by atoms with Gasteiger partial charge in [0.05, 0.1) is 25.4 Å². The molecule has 3 fully saturated rings. The number of amides is 5. The molecule has 17 heteroatoms. The molecule has 3 heterocycles. The van der Waals surface area contributed by atoms with Gasteiger partial charge in [-0.1, -0.05) is 50.0 Å². The Hall–Kier alpha value is -4.54. The highest BCUT2D eigenvalue weighted by molar-refractivity contribution is 7.91. The van der Waals surface area contributed by atoms with E-state index in [9.17, 15) is 41.6 Å². The van der Waals surface area contributed by atoms with Crippen LogP contribution in [0.2, 0.25) is 0 Å². The third kappa shape index (κ3) is 9.65. The molecule has 0 radical (unpaired) electrons. The second-order valence-electron chi connectivity index (χ2n) is 15.3. The Bertz CT molecular complexity index is 1820. The van der Waals surface area contributed by atoms with Crippen LogP contribution in [-0.2, 0) is 56.6 Å². The summed E-state index contributed by atoms with van der Waals surface area (Å²) < 4.78 is 52.8. The highest BCUT2D eigenvalue weighted by Crippen LogP contribution is 2.46. The summed E-state index contributed by atoms with van der Waals surface area (Å²) in [5.74, 6) is -4.03. The lowest BCUT2D eigenvalue weighted by molar-refractivity contribution is -0.143. The molecule has 0 bridgehead atoms. The minimum atomic E-state index is -3.94. The number of hydrogen-bond acceptors (Lipinski definition) is 10. The summed E-state index contributed by atoms with van der Waals surface area (Å²) in [6.45, 7) is -0.1000. The number of fused-ring (bicyclic) bond motifs is 3. The smallest absolute Gasteiger partial charge is 0.410 e. The van der Waals surface area contributed by atoms with Crippen LogP contribution in [0.25, 0.3) is 0 Å². The molecule has 1 saturated heterocycles. The fourth-order valence-electron chi connectivity index (χ4n) is 7.69. The van der Waals surface area contributed by atoms with Gasteiger partial charge >= 0.3 is 12.1 Å². The van der Waals surface area contributed by atoms with Crippen LogP contribution in [0, 0.1) is 11.7 Å². The van der Waals surface area contributed by atoms with Crippen molar-refractivity contribution in [3.8, 4) is 0 Å². The molecule has 3 aliphatic heterocycles. The topological polar surface area (TPSA) is 198 Å². The number of allylic oxidation sites excluding steroid dienone is 1. The molecule has 15 nitrogen and oxygen atoms in total. The summed E-state index contributed by atoms with van der Waals surface area (Å²) in [5.41, 5.74) is -0.557. The van der Waals surface area contributed by atoms with E-state index in [0.717, 1.165) is 32.1 Å². The van der Waals surface area contributed by atoms with E-state index in [1.54, 1.807) is 12.1 Å². The predicted octanol–water partition coefficient (Wildman–Crippen LogP) is 2.86. The van der Waals surface area contributed by atoms with Gasteiger partial charge in [-0.3, -0.25) is 33.6 Å². The Morgan fingerprint density at radius 1 is 1.02 bits per heavy atom. The molecule has 2 saturated carbocycles. The first kappa shape index (κ1) is 40.1. The van der Waals surface area contributed by atoms with Crippen LogP contribution in [0.3, 0.4) is 0 Å². The summed E-state index contributed by atoms with van der Waals surface area (Å²) in [4.78, 5) is 83.1. The minimum absolute atomic E-state index is 0.0134. The Balaban J connectivity index is 1.24. The van der Waals surface area contributed by atoms with E-state index in [1.807, 2.05) is 12.2 Å². The monoisotopic (exact) mass is 787 g/mol. The van der Waals surface area contributed by atoms with Crippen molar-refractivity contribution in [3.05, 3.63) is 47.3 Å². The van der Waals surface area contributed by atoms with E-state index in [-0.39, 0.29) is 58.2 Å². The number of ether oxygens (including phenoxy) is 2. The van der Waals surface area contributed by atoms with E-state index < -0.39 is 86.4 Å². The van der Waals surface area contributed by atoms with Crippen LogP contribution in [0.4, 0.5) is 9.18 Å². The zero-order valence-corrected chi connectivity index (χ0v) is 31.9.